The van der Waals surface area contributed by atoms with Crippen LogP contribution in [0.15, 0.2) is 48.5 Å². The number of fused-ring (bicyclic) bond motifs is 3. The first kappa shape index (κ1) is 19.5. The molecule has 0 saturated heterocycles. The summed E-state index contributed by atoms with van der Waals surface area (Å²) >= 11 is 0. The van der Waals surface area contributed by atoms with E-state index in [1.54, 1.807) is 0 Å². The molecule has 2 aromatic carbocycles. The lowest BCUT2D eigenvalue weighted by molar-refractivity contribution is -0.139. The summed E-state index contributed by atoms with van der Waals surface area (Å²) in [5.74, 6) is -0.770. The number of alkyl carbamates (subject to hydrolysis) is 1. The zero-order chi connectivity index (χ0) is 20.4. The summed E-state index contributed by atoms with van der Waals surface area (Å²) in [5, 5.41) is 11.9. The van der Waals surface area contributed by atoms with Crippen molar-refractivity contribution in [2.75, 3.05) is 19.7 Å². The number of carbonyl (C=O) groups excluding carboxylic acids is 1. The summed E-state index contributed by atoms with van der Waals surface area (Å²) in [6.07, 6.45) is 1.10. The van der Waals surface area contributed by atoms with Crippen molar-refractivity contribution in [1.82, 2.24) is 10.2 Å². The zero-order valence-electron chi connectivity index (χ0n) is 16.5. The second-order valence-corrected chi connectivity index (χ2v) is 7.75. The number of likely N-dealkylation sites (N-methyl/N-ethyl adjacent to an activating group) is 1. The summed E-state index contributed by atoms with van der Waals surface area (Å²) in [6, 6.07) is 16.8. The van der Waals surface area contributed by atoms with Crippen LogP contribution in [-0.2, 0) is 9.53 Å². The molecule has 1 saturated carbocycles. The first-order valence-corrected chi connectivity index (χ1v) is 10.1. The van der Waals surface area contributed by atoms with E-state index in [-0.39, 0.29) is 24.5 Å². The first-order chi connectivity index (χ1) is 14.1. The van der Waals surface area contributed by atoms with Crippen LogP contribution in [0.1, 0.15) is 36.8 Å². The topological polar surface area (TPSA) is 78.9 Å². The maximum atomic E-state index is 12.3. The predicted octanol–water partition coefficient (Wildman–Crippen LogP) is 3.46. The highest BCUT2D eigenvalue weighted by molar-refractivity contribution is 5.79. The standard InChI is InChI=1S/C23H26N2O4/c1-2-25(13-22(26)27)16-11-15(12-16)24-23(28)29-14-21-19-9-5-3-7-17(19)18-8-4-6-10-20(18)21/h3-10,15-16,21H,2,11-14H2,1H3,(H,24,28)(H,26,27). The van der Waals surface area contributed by atoms with Gasteiger partial charge < -0.3 is 15.2 Å². The highest BCUT2D eigenvalue weighted by Crippen LogP contribution is 2.44. The molecule has 1 fully saturated rings. The molecular formula is C23H26N2O4. The van der Waals surface area contributed by atoms with Crippen molar-refractivity contribution in [3.05, 3.63) is 59.7 Å². The molecule has 1 amide bonds. The van der Waals surface area contributed by atoms with Gasteiger partial charge in [-0.05, 0) is 41.6 Å². The molecule has 0 atom stereocenters. The van der Waals surface area contributed by atoms with Gasteiger partial charge in [0.25, 0.3) is 0 Å². The number of nitrogens with zero attached hydrogens (tertiary/aromatic N) is 1. The molecule has 2 aliphatic rings. The Balaban J connectivity index is 1.31. The summed E-state index contributed by atoms with van der Waals surface area (Å²) in [7, 11) is 0. The Labute approximate surface area is 170 Å². The molecule has 2 aliphatic carbocycles. The minimum Gasteiger partial charge on any atom is -0.480 e. The highest BCUT2D eigenvalue weighted by Gasteiger charge is 2.35. The van der Waals surface area contributed by atoms with Gasteiger partial charge in [-0.15, -0.1) is 0 Å². The largest absolute Gasteiger partial charge is 0.480 e. The highest BCUT2D eigenvalue weighted by atomic mass is 16.5. The Morgan fingerprint density at radius 1 is 1.07 bits per heavy atom. The van der Waals surface area contributed by atoms with Crippen molar-refractivity contribution >= 4 is 12.1 Å². The Bertz CT molecular complexity index is 862. The van der Waals surface area contributed by atoms with Gasteiger partial charge in [0.05, 0.1) is 6.54 Å². The van der Waals surface area contributed by atoms with Gasteiger partial charge in [0, 0.05) is 18.0 Å². The van der Waals surface area contributed by atoms with Crippen LogP contribution in [0.25, 0.3) is 11.1 Å². The molecule has 6 heteroatoms. The smallest absolute Gasteiger partial charge is 0.407 e. The number of carbonyl (C=O) groups is 2. The summed E-state index contributed by atoms with van der Waals surface area (Å²) in [5.41, 5.74) is 4.80. The first-order valence-electron chi connectivity index (χ1n) is 10.1. The average Bonchev–Trinajstić information content (AvgIpc) is 3.01. The van der Waals surface area contributed by atoms with Crippen molar-refractivity contribution in [2.45, 2.75) is 37.8 Å². The van der Waals surface area contributed by atoms with E-state index < -0.39 is 12.1 Å². The lowest BCUT2D eigenvalue weighted by Gasteiger charge is -2.41. The van der Waals surface area contributed by atoms with Gasteiger partial charge in [-0.2, -0.15) is 0 Å². The lowest BCUT2D eigenvalue weighted by Crippen LogP contribution is -2.54. The number of carboxylic acid groups (broad SMARTS) is 1. The van der Waals surface area contributed by atoms with Gasteiger partial charge in [0.15, 0.2) is 0 Å². The Hall–Kier alpha value is -2.86. The lowest BCUT2D eigenvalue weighted by atomic mass is 9.85. The Morgan fingerprint density at radius 2 is 1.66 bits per heavy atom. The van der Waals surface area contributed by atoms with Crippen LogP contribution in [-0.4, -0.2) is 53.8 Å². The third kappa shape index (κ3) is 3.98. The molecule has 2 aromatic rings. The van der Waals surface area contributed by atoms with Crippen molar-refractivity contribution in [1.29, 1.82) is 0 Å². The molecule has 2 N–H and O–H groups in total. The molecular weight excluding hydrogens is 368 g/mol. The minimum absolute atomic E-state index is 0.0403. The predicted molar refractivity (Wildman–Crippen MR) is 110 cm³/mol. The van der Waals surface area contributed by atoms with Gasteiger partial charge in [0.1, 0.15) is 6.61 Å². The van der Waals surface area contributed by atoms with E-state index in [2.05, 4.69) is 29.6 Å². The molecule has 152 valence electrons. The van der Waals surface area contributed by atoms with E-state index in [4.69, 9.17) is 9.84 Å². The molecule has 0 spiro atoms. The van der Waals surface area contributed by atoms with E-state index in [1.165, 1.54) is 22.3 Å². The molecule has 0 aliphatic heterocycles. The SMILES string of the molecule is CCN(CC(=O)O)C1CC(NC(=O)OCC2c3ccccc3-c3ccccc32)C1. The average molecular weight is 394 g/mol. The summed E-state index contributed by atoms with van der Waals surface area (Å²) in [6.45, 7) is 2.98. The van der Waals surface area contributed by atoms with E-state index in [1.807, 2.05) is 36.1 Å². The van der Waals surface area contributed by atoms with E-state index >= 15 is 0 Å². The molecule has 0 unspecified atom stereocenters. The third-order valence-corrected chi connectivity index (χ3v) is 6.04. The molecule has 29 heavy (non-hydrogen) atoms. The number of amides is 1. The molecule has 0 aromatic heterocycles. The van der Waals surface area contributed by atoms with Gasteiger partial charge in [-0.1, -0.05) is 55.5 Å². The maximum absolute atomic E-state index is 12.3. The van der Waals surface area contributed by atoms with E-state index in [9.17, 15) is 9.59 Å². The molecule has 4 rings (SSSR count). The quantitative estimate of drug-likeness (QED) is 0.752. The van der Waals surface area contributed by atoms with Crippen molar-refractivity contribution in [3.8, 4) is 11.1 Å². The fourth-order valence-electron chi connectivity index (χ4n) is 4.48. The van der Waals surface area contributed by atoms with Crippen LogP contribution in [0.5, 0.6) is 0 Å². The van der Waals surface area contributed by atoms with E-state index in [0.717, 1.165) is 12.8 Å². The van der Waals surface area contributed by atoms with Crippen LogP contribution >= 0.6 is 0 Å². The van der Waals surface area contributed by atoms with E-state index in [0.29, 0.717) is 13.2 Å². The second kappa shape index (κ2) is 8.25. The van der Waals surface area contributed by atoms with Gasteiger partial charge in [0.2, 0.25) is 0 Å². The Kier molecular flexibility index (Phi) is 5.53. The third-order valence-electron chi connectivity index (χ3n) is 6.04. The van der Waals surface area contributed by atoms with Crippen LogP contribution in [0, 0.1) is 0 Å². The van der Waals surface area contributed by atoms with Gasteiger partial charge in [-0.25, -0.2) is 4.79 Å². The summed E-state index contributed by atoms with van der Waals surface area (Å²) < 4.78 is 5.57. The maximum Gasteiger partial charge on any atom is 0.407 e. The van der Waals surface area contributed by atoms with Gasteiger partial charge in [-0.3, -0.25) is 9.69 Å². The van der Waals surface area contributed by atoms with Crippen molar-refractivity contribution in [3.63, 3.8) is 0 Å². The van der Waals surface area contributed by atoms with Gasteiger partial charge >= 0.3 is 12.1 Å². The minimum atomic E-state index is -0.820. The van der Waals surface area contributed by atoms with Crippen LogP contribution in [0.3, 0.4) is 0 Å². The number of hydrogen-bond acceptors (Lipinski definition) is 4. The number of ether oxygens (including phenoxy) is 1. The van der Waals surface area contributed by atoms with Crippen LogP contribution < -0.4 is 5.32 Å². The zero-order valence-corrected chi connectivity index (χ0v) is 16.5. The normalized spacial score (nSPS) is 19.9. The number of carboxylic acids is 1. The number of benzene rings is 2. The van der Waals surface area contributed by atoms with Crippen molar-refractivity contribution in [2.24, 2.45) is 0 Å². The fraction of sp³-hybridized carbons (Fsp3) is 0.391. The fourth-order valence-corrected chi connectivity index (χ4v) is 4.48. The number of nitrogens with one attached hydrogen (secondary N) is 1. The van der Waals surface area contributed by atoms with Crippen LogP contribution in [0.2, 0.25) is 0 Å². The molecule has 6 nitrogen and oxygen atoms in total. The molecule has 0 heterocycles. The number of rotatable bonds is 7. The van der Waals surface area contributed by atoms with Crippen LogP contribution in [0.4, 0.5) is 4.79 Å². The second-order valence-electron chi connectivity index (χ2n) is 7.75. The Morgan fingerprint density at radius 3 is 2.21 bits per heavy atom. The number of hydrogen-bond donors (Lipinski definition) is 2. The monoisotopic (exact) mass is 394 g/mol. The van der Waals surface area contributed by atoms with Crippen molar-refractivity contribution < 1.29 is 19.4 Å². The summed E-state index contributed by atoms with van der Waals surface area (Å²) in [4.78, 5) is 25.2. The number of aliphatic carboxylic acids is 1. The molecule has 0 bridgehead atoms. The molecule has 0 radical (unpaired) electrons.